The molecule has 7 nitrogen and oxygen atoms in total. The zero-order valence-corrected chi connectivity index (χ0v) is 26.1. The van der Waals surface area contributed by atoms with Gasteiger partial charge in [0.25, 0.3) is 0 Å². The van der Waals surface area contributed by atoms with Crippen LogP contribution in [0, 0.1) is 0 Å². The molecule has 222 valence electrons. The van der Waals surface area contributed by atoms with Gasteiger partial charge in [-0.2, -0.15) is 0 Å². The zero-order valence-electron chi connectivity index (χ0n) is 26.1. The summed E-state index contributed by atoms with van der Waals surface area (Å²) in [5.41, 5.74) is 6.89. The van der Waals surface area contributed by atoms with E-state index in [2.05, 4.69) is 58.0 Å². The maximum absolute atomic E-state index is 12.3. The van der Waals surface area contributed by atoms with Gasteiger partial charge in [-0.15, -0.1) is 0 Å². The number of likely N-dealkylation sites (tertiary alicyclic amines) is 1. The molecule has 1 aliphatic carbocycles. The molecule has 2 aromatic carbocycles. The summed E-state index contributed by atoms with van der Waals surface area (Å²) >= 11 is 0. The molecule has 0 bridgehead atoms. The SMILES string of the molecule is COC(=O)c1ccc2c(c1)CCCC(B1OC(C)(C)C(C)(C)O1)=C2c1ccc(C=C2CN(C(=O)OC(C)(C)C)C2)cc1. The molecule has 5 rings (SSSR count). The van der Waals surface area contributed by atoms with E-state index in [4.69, 9.17) is 18.8 Å². The predicted molar refractivity (Wildman–Crippen MR) is 165 cm³/mol. The van der Waals surface area contributed by atoms with Crippen LogP contribution in [0.4, 0.5) is 4.79 Å². The lowest BCUT2D eigenvalue weighted by molar-refractivity contribution is 0.00578. The molecule has 0 N–H and O–H groups in total. The highest BCUT2D eigenvalue weighted by molar-refractivity contribution is 6.56. The van der Waals surface area contributed by atoms with Crippen molar-refractivity contribution in [3.05, 3.63) is 81.3 Å². The van der Waals surface area contributed by atoms with E-state index in [-0.39, 0.29) is 12.1 Å². The summed E-state index contributed by atoms with van der Waals surface area (Å²) in [7, 11) is 0.942. The van der Waals surface area contributed by atoms with Crippen molar-refractivity contribution in [1.82, 2.24) is 4.90 Å². The number of carbonyl (C=O) groups is 2. The molecular weight excluding hydrogens is 529 g/mol. The number of hydrogen-bond donors (Lipinski definition) is 0. The molecule has 2 aromatic rings. The van der Waals surface area contributed by atoms with Crippen LogP contribution in [0.1, 0.15) is 93.9 Å². The Morgan fingerprint density at radius 1 is 0.952 bits per heavy atom. The summed E-state index contributed by atoms with van der Waals surface area (Å²) < 4.78 is 23.6. The van der Waals surface area contributed by atoms with Crippen molar-refractivity contribution >= 4 is 30.8 Å². The standard InChI is InChI=1S/C34H42BNO6/c1-32(2,3)40-31(38)36-20-23(21-36)18-22-12-14-24(15-13-22)29-27-17-16-26(30(37)39-8)19-25(27)10-9-11-28(29)35-41-33(4,5)34(6,7)42-35/h12-19H,9-11,20-21H2,1-8H3. The monoisotopic (exact) mass is 571 g/mol. The maximum atomic E-state index is 12.3. The molecule has 0 spiro atoms. The Bertz CT molecular complexity index is 1420. The normalized spacial score (nSPS) is 19.6. The third-order valence-corrected chi connectivity index (χ3v) is 8.56. The van der Waals surface area contributed by atoms with Gasteiger partial charge in [-0.25, -0.2) is 9.59 Å². The van der Waals surface area contributed by atoms with Crippen molar-refractivity contribution in [2.45, 2.75) is 84.5 Å². The number of hydrogen-bond acceptors (Lipinski definition) is 6. The number of aryl methyl sites for hydroxylation is 1. The van der Waals surface area contributed by atoms with E-state index in [0.29, 0.717) is 18.7 Å². The van der Waals surface area contributed by atoms with Crippen molar-refractivity contribution in [2.24, 2.45) is 0 Å². The number of esters is 1. The lowest BCUT2D eigenvalue weighted by Gasteiger charge is -2.35. The number of rotatable bonds is 4. The number of fused-ring (bicyclic) bond motifs is 1. The van der Waals surface area contributed by atoms with Gasteiger partial charge in [0, 0.05) is 13.1 Å². The van der Waals surface area contributed by atoms with Crippen LogP contribution in [0.25, 0.3) is 11.6 Å². The fourth-order valence-electron chi connectivity index (χ4n) is 5.59. The molecule has 2 aliphatic heterocycles. The number of amides is 1. The molecule has 0 atom stereocenters. The highest BCUT2D eigenvalue weighted by atomic mass is 16.7. The number of benzene rings is 2. The van der Waals surface area contributed by atoms with Crippen molar-refractivity contribution in [3.63, 3.8) is 0 Å². The van der Waals surface area contributed by atoms with Gasteiger partial charge >= 0.3 is 19.2 Å². The second kappa shape index (κ2) is 11.0. The van der Waals surface area contributed by atoms with Crippen LogP contribution in [0.3, 0.4) is 0 Å². The number of methoxy groups -OCH3 is 1. The first kappa shape index (κ1) is 30.1. The van der Waals surface area contributed by atoms with E-state index >= 15 is 0 Å². The number of allylic oxidation sites excluding steroid dienone is 1. The average molecular weight is 572 g/mol. The Balaban J connectivity index is 1.47. The Labute approximate surface area is 250 Å². The highest BCUT2D eigenvalue weighted by Crippen LogP contribution is 2.44. The minimum Gasteiger partial charge on any atom is -0.465 e. The summed E-state index contributed by atoms with van der Waals surface area (Å²) in [6.45, 7) is 15.1. The lowest BCUT2D eigenvalue weighted by Crippen LogP contribution is -2.46. The molecule has 0 radical (unpaired) electrons. The van der Waals surface area contributed by atoms with Gasteiger partial charge in [-0.1, -0.05) is 36.4 Å². The summed E-state index contributed by atoms with van der Waals surface area (Å²) in [6, 6.07) is 14.3. The van der Waals surface area contributed by atoms with Gasteiger partial charge in [0.2, 0.25) is 0 Å². The molecule has 0 unspecified atom stereocenters. The highest BCUT2D eigenvalue weighted by Gasteiger charge is 2.53. The van der Waals surface area contributed by atoms with Crippen molar-refractivity contribution in [1.29, 1.82) is 0 Å². The number of ether oxygens (including phenoxy) is 2. The molecule has 2 fully saturated rings. The van der Waals surface area contributed by atoms with E-state index in [9.17, 15) is 9.59 Å². The summed E-state index contributed by atoms with van der Waals surface area (Å²) in [5, 5.41) is 0. The Morgan fingerprint density at radius 3 is 2.19 bits per heavy atom. The van der Waals surface area contributed by atoms with Crippen LogP contribution in [0.15, 0.2) is 53.5 Å². The molecule has 0 saturated carbocycles. The van der Waals surface area contributed by atoms with Crippen molar-refractivity contribution in [2.75, 3.05) is 20.2 Å². The largest absolute Gasteiger partial charge is 0.491 e. The predicted octanol–water partition coefficient (Wildman–Crippen LogP) is 6.88. The second-order valence-electron chi connectivity index (χ2n) is 13.5. The first-order valence-corrected chi connectivity index (χ1v) is 14.8. The Morgan fingerprint density at radius 2 is 1.60 bits per heavy atom. The van der Waals surface area contributed by atoms with E-state index in [0.717, 1.165) is 52.6 Å². The topological polar surface area (TPSA) is 74.3 Å². The third kappa shape index (κ3) is 6.06. The summed E-state index contributed by atoms with van der Waals surface area (Å²) in [4.78, 5) is 26.3. The van der Waals surface area contributed by atoms with E-state index < -0.39 is 23.9 Å². The van der Waals surface area contributed by atoms with Gasteiger partial charge < -0.3 is 23.7 Å². The van der Waals surface area contributed by atoms with Crippen molar-refractivity contribution < 1.29 is 28.4 Å². The van der Waals surface area contributed by atoms with Crippen LogP contribution >= 0.6 is 0 Å². The Kier molecular flexibility index (Phi) is 7.92. The van der Waals surface area contributed by atoms with Gasteiger partial charge in [0.15, 0.2) is 0 Å². The lowest BCUT2D eigenvalue weighted by atomic mass is 9.70. The fourth-order valence-corrected chi connectivity index (χ4v) is 5.59. The number of nitrogens with zero attached hydrogens (tertiary/aromatic N) is 1. The van der Waals surface area contributed by atoms with E-state index in [1.165, 1.54) is 12.7 Å². The first-order chi connectivity index (χ1) is 19.7. The van der Waals surface area contributed by atoms with Crippen LogP contribution < -0.4 is 0 Å². The van der Waals surface area contributed by atoms with Crippen molar-refractivity contribution in [3.8, 4) is 0 Å². The minimum absolute atomic E-state index is 0.278. The minimum atomic E-state index is -0.502. The smallest absolute Gasteiger partial charge is 0.465 e. The van der Waals surface area contributed by atoms with Gasteiger partial charge in [-0.05, 0) is 119 Å². The molecule has 42 heavy (non-hydrogen) atoms. The molecule has 0 aromatic heterocycles. The molecule has 1 amide bonds. The fraction of sp³-hybridized carbons (Fsp3) is 0.471. The maximum Gasteiger partial charge on any atom is 0.491 e. The first-order valence-electron chi connectivity index (χ1n) is 14.8. The zero-order chi connectivity index (χ0) is 30.4. The molecule has 2 heterocycles. The van der Waals surface area contributed by atoms with E-state index in [1.54, 1.807) is 4.90 Å². The average Bonchev–Trinajstić information content (AvgIpc) is 3.01. The van der Waals surface area contributed by atoms with Gasteiger partial charge in [0.05, 0.1) is 23.9 Å². The number of carbonyl (C=O) groups excluding carboxylic acids is 2. The quantitative estimate of drug-likeness (QED) is 0.294. The molecule has 3 aliphatic rings. The molecule has 8 heteroatoms. The van der Waals surface area contributed by atoms with Crippen LogP contribution in [0.2, 0.25) is 0 Å². The van der Waals surface area contributed by atoms with E-state index in [1.807, 2.05) is 39.0 Å². The second-order valence-corrected chi connectivity index (χ2v) is 13.5. The third-order valence-electron chi connectivity index (χ3n) is 8.56. The summed E-state index contributed by atoms with van der Waals surface area (Å²) in [5.74, 6) is -0.336. The Hall–Kier alpha value is -3.36. The molecule has 2 saturated heterocycles. The van der Waals surface area contributed by atoms with Gasteiger partial charge in [-0.3, -0.25) is 0 Å². The van der Waals surface area contributed by atoms with Gasteiger partial charge in [0.1, 0.15) is 5.60 Å². The van der Waals surface area contributed by atoms with Crippen LogP contribution in [0.5, 0.6) is 0 Å². The molecular formula is C34H42BNO6. The summed E-state index contributed by atoms with van der Waals surface area (Å²) in [6.07, 6.45) is 4.43. The van der Waals surface area contributed by atoms with Crippen LogP contribution in [-0.4, -0.2) is 61.1 Å². The van der Waals surface area contributed by atoms with Crippen LogP contribution in [-0.2, 0) is 25.2 Å².